The van der Waals surface area contributed by atoms with Gasteiger partial charge in [0, 0.05) is 0 Å². The Labute approximate surface area is 71.2 Å². The van der Waals surface area contributed by atoms with E-state index in [2.05, 4.69) is 15.0 Å². The van der Waals surface area contributed by atoms with Gasteiger partial charge in [0.25, 0.3) is 0 Å². The molecule has 1 amide bonds. The molecule has 0 aliphatic heterocycles. The zero-order valence-corrected chi connectivity index (χ0v) is 6.39. The van der Waals surface area contributed by atoms with Crippen molar-refractivity contribution in [3.63, 3.8) is 0 Å². The van der Waals surface area contributed by atoms with Crippen molar-refractivity contribution in [2.75, 3.05) is 0 Å². The van der Waals surface area contributed by atoms with E-state index in [1.54, 1.807) is 0 Å². The van der Waals surface area contributed by atoms with E-state index < -0.39 is 11.7 Å². The van der Waals surface area contributed by atoms with Gasteiger partial charge in [0.15, 0.2) is 5.65 Å². The zero-order chi connectivity index (χ0) is 9.42. The molecule has 66 valence electrons. The van der Waals surface area contributed by atoms with Gasteiger partial charge in [-0.05, 0) is 0 Å². The third-order valence-electron chi connectivity index (χ3n) is 1.58. The van der Waals surface area contributed by atoms with Crippen molar-refractivity contribution in [2.45, 2.75) is 0 Å². The average Bonchev–Trinajstić information content (AvgIpc) is 2.50. The maximum Gasteiger partial charge on any atom is 0.357 e. The molecule has 13 heavy (non-hydrogen) atoms. The minimum Gasteiger partial charge on any atom is -0.351 e. The minimum atomic E-state index is -0.893. The van der Waals surface area contributed by atoms with E-state index in [4.69, 9.17) is 5.73 Å². The molecule has 0 atom stereocenters. The van der Waals surface area contributed by atoms with Gasteiger partial charge in [-0.15, -0.1) is 0 Å². The average molecular weight is 179 g/mol. The van der Waals surface area contributed by atoms with Crippen molar-refractivity contribution in [2.24, 2.45) is 5.73 Å². The summed E-state index contributed by atoms with van der Waals surface area (Å²) >= 11 is 0. The smallest absolute Gasteiger partial charge is 0.351 e. The normalized spacial score (nSPS) is 10.5. The van der Waals surface area contributed by atoms with Crippen molar-refractivity contribution in [3.05, 3.63) is 23.0 Å². The summed E-state index contributed by atoms with van der Waals surface area (Å²) in [6, 6.07) is -0.893. The molecule has 2 aromatic rings. The Bertz CT molecular complexity index is 525. The van der Waals surface area contributed by atoms with Gasteiger partial charge in [0.1, 0.15) is 5.52 Å². The van der Waals surface area contributed by atoms with Gasteiger partial charge in [-0.2, -0.15) is 9.55 Å². The highest BCUT2D eigenvalue weighted by molar-refractivity contribution is 5.84. The number of nitrogens with two attached hydrogens (primary N) is 1. The van der Waals surface area contributed by atoms with Gasteiger partial charge in [-0.3, -0.25) is 0 Å². The first kappa shape index (κ1) is 7.47. The molecule has 2 aromatic heterocycles. The number of carbonyl (C=O) groups is 1. The lowest BCUT2D eigenvalue weighted by molar-refractivity contribution is 0.250. The molecule has 0 unspecified atom stereocenters. The number of nitrogens with one attached hydrogen (secondary N) is 1. The molecular formula is C6H5N5O2. The van der Waals surface area contributed by atoms with Gasteiger partial charge in [-0.1, -0.05) is 0 Å². The number of primary amides is 1. The molecule has 7 heteroatoms. The second kappa shape index (κ2) is 2.41. The number of hydrogen-bond donors (Lipinski definition) is 2. The summed E-state index contributed by atoms with van der Waals surface area (Å²) in [5.41, 5.74) is 4.91. The summed E-state index contributed by atoms with van der Waals surface area (Å²) in [5, 5.41) is 0. The number of nitrogens with zero attached hydrogens (tertiary/aromatic N) is 3. The molecule has 0 aromatic carbocycles. The molecule has 2 rings (SSSR count). The summed E-state index contributed by atoms with van der Waals surface area (Å²) in [5.74, 6) is 0. The quantitative estimate of drug-likeness (QED) is 0.543. The van der Waals surface area contributed by atoms with Gasteiger partial charge in [0.2, 0.25) is 0 Å². The molecule has 0 aliphatic rings. The molecule has 0 saturated carbocycles. The molecule has 2 heterocycles. The van der Waals surface area contributed by atoms with Crippen molar-refractivity contribution in [1.82, 2.24) is 19.5 Å². The molecule has 7 nitrogen and oxygen atoms in total. The number of amides is 1. The highest BCUT2D eigenvalue weighted by Gasteiger charge is 2.09. The molecule has 0 saturated heterocycles. The first-order valence-electron chi connectivity index (χ1n) is 3.41. The number of fused-ring (bicyclic) bond motifs is 1. The third kappa shape index (κ3) is 0.975. The zero-order valence-electron chi connectivity index (χ0n) is 6.39. The van der Waals surface area contributed by atoms with Crippen LogP contribution in [0.2, 0.25) is 0 Å². The summed E-state index contributed by atoms with van der Waals surface area (Å²) < 4.78 is 0.700. The highest BCUT2D eigenvalue weighted by atomic mass is 16.2. The SMILES string of the molecule is NC(=O)n1c(=O)ncc2[nH]cnc21. The third-order valence-corrected chi connectivity index (χ3v) is 1.58. The Morgan fingerprint density at radius 3 is 3.00 bits per heavy atom. The fraction of sp³-hybridized carbons (Fsp3) is 0. The van der Waals surface area contributed by atoms with Gasteiger partial charge >= 0.3 is 11.7 Å². The van der Waals surface area contributed by atoms with E-state index in [0.29, 0.717) is 10.1 Å². The molecule has 0 radical (unpaired) electrons. The van der Waals surface area contributed by atoms with Gasteiger partial charge in [0.05, 0.1) is 12.5 Å². The summed E-state index contributed by atoms with van der Waals surface area (Å²) in [4.78, 5) is 31.8. The minimum absolute atomic E-state index is 0.188. The largest absolute Gasteiger partial charge is 0.357 e. The Morgan fingerprint density at radius 2 is 2.31 bits per heavy atom. The number of aromatic nitrogens is 4. The van der Waals surface area contributed by atoms with Crippen LogP contribution >= 0.6 is 0 Å². The van der Waals surface area contributed by atoms with Gasteiger partial charge in [-0.25, -0.2) is 14.6 Å². The molecule has 0 bridgehead atoms. The van der Waals surface area contributed by atoms with Gasteiger partial charge < -0.3 is 10.7 Å². The standard InChI is InChI=1S/C6H5N5O2/c7-5(12)11-4-3(9-2-10-4)1-8-6(11)13/h1-2H,(H2,7,12)(H,9,10). The van der Waals surface area contributed by atoms with Crippen LogP contribution in [-0.2, 0) is 0 Å². The van der Waals surface area contributed by atoms with Crippen LogP contribution in [0.25, 0.3) is 11.2 Å². The Kier molecular flexibility index (Phi) is 1.38. The van der Waals surface area contributed by atoms with Crippen LogP contribution in [0.5, 0.6) is 0 Å². The Hall–Kier alpha value is -2.18. The first-order valence-corrected chi connectivity index (χ1v) is 3.41. The molecule has 0 spiro atoms. The van der Waals surface area contributed by atoms with Crippen LogP contribution in [0.1, 0.15) is 0 Å². The first-order chi connectivity index (χ1) is 6.20. The molecule has 0 aliphatic carbocycles. The maximum absolute atomic E-state index is 11.1. The molecule has 0 fully saturated rings. The number of carbonyl (C=O) groups excluding carboxylic acids is 1. The van der Waals surface area contributed by atoms with Crippen LogP contribution in [-0.4, -0.2) is 25.6 Å². The number of aromatic amines is 1. The Balaban J connectivity index is 2.97. The van der Waals surface area contributed by atoms with Crippen molar-refractivity contribution in [3.8, 4) is 0 Å². The lowest BCUT2D eigenvalue weighted by Gasteiger charge is -1.97. The van der Waals surface area contributed by atoms with E-state index in [-0.39, 0.29) is 5.65 Å². The van der Waals surface area contributed by atoms with E-state index >= 15 is 0 Å². The summed E-state index contributed by atoms with van der Waals surface area (Å²) in [6.07, 6.45) is 2.65. The topological polar surface area (TPSA) is 107 Å². The second-order valence-corrected chi connectivity index (χ2v) is 2.35. The lowest BCUT2D eigenvalue weighted by atomic mass is 10.5. The molecular weight excluding hydrogens is 174 g/mol. The number of imidazole rings is 1. The van der Waals surface area contributed by atoms with Crippen LogP contribution in [0.15, 0.2) is 17.3 Å². The number of hydrogen-bond acceptors (Lipinski definition) is 4. The fourth-order valence-corrected chi connectivity index (χ4v) is 1.04. The van der Waals surface area contributed by atoms with Crippen LogP contribution in [0.4, 0.5) is 4.79 Å². The van der Waals surface area contributed by atoms with E-state index in [1.807, 2.05) is 0 Å². The predicted molar refractivity (Wildman–Crippen MR) is 43.1 cm³/mol. The van der Waals surface area contributed by atoms with Crippen molar-refractivity contribution < 1.29 is 4.79 Å². The van der Waals surface area contributed by atoms with Crippen LogP contribution < -0.4 is 11.4 Å². The number of rotatable bonds is 0. The summed E-state index contributed by atoms with van der Waals surface area (Å²) in [6.45, 7) is 0. The highest BCUT2D eigenvalue weighted by Crippen LogP contribution is 2.02. The van der Waals surface area contributed by atoms with E-state index in [0.717, 1.165) is 0 Å². The number of H-pyrrole nitrogens is 1. The van der Waals surface area contributed by atoms with Crippen molar-refractivity contribution in [1.29, 1.82) is 0 Å². The van der Waals surface area contributed by atoms with E-state index in [9.17, 15) is 9.59 Å². The predicted octanol–water partition coefficient (Wildman–Crippen LogP) is -0.954. The summed E-state index contributed by atoms with van der Waals surface area (Å²) in [7, 11) is 0. The molecule has 3 N–H and O–H groups in total. The Morgan fingerprint density at radius 1 is 1.54 bits per heavy atom. The van der Waals surface area contributed by atoms with Crippen LogP contribution in [0.3, 0.4) is 0 Å². The second-order valence-electron chi connectivity index (χ2n) is 2.35. The maximum atomic E-state index is 11.1. The van der Waals surface area contributed by atoms with E-state index in [1.165, 1.54) is 12.5 Å². The lowest BCUT2D eigenvalue weighted by Crippen LogP contribution is -2.33. The van der Waals surface area contributed by atoms with Crippen molar-refractivity contribution >= 4 is 17.2 Å². The monoisotopic (exact) mass is 179 g/mol. The van der Waals surface area contributed by atoms with Crippen LogP contribution in [0, 0.1) is 0 Å². The fourth-order valence-electron chi connectivity index (χ4n) is 1.04.